The van der Waals surface area contributed by atoms with E-state index in [1.807, 2.05) is 77.4 Å². The van der Waals surface area contributed by atoms with Gasteiger partial charge < -0.3 is 14.8 Å². The smallest absolute Gasteiger partial charge is 0.234 e. The van der Waals surface area contributed by atoms with Crippen LogP contribution in [0.5, 0.6) is 11.5 Å². The first-order valence-corrected chi connectivity index (χ1v) is 12.6. The zero-order valence-electron chi connectivity index (χ0n) is 21.1. The van der Waals surface area contributed by atoms with Gasteiger partial charge in [-0.15, -0.1) is 10.2 Å². The Hall–Kier alpha value is -3.78. The van der Waals surface area contributed by atoms with Crippen LogP contribution in [0.25, 0.3) is 17.1 Å². The van der Waals surface area contributed by atoms with Gasteiger partial charge in [0.05, 0.1) is 31.2 Å². The second-order valence-electron chi connectivity index (χ2n) is 9.17. The average Bonchev–Trinajstić information content (AvgIpc) is 3.31. The summed E-state index contributed by atoms with van der Waals surface area (Å²) in [7, 11) is 3.26. The van der Waals surface area contributed by atoms with Gasteiger partial charge in [-0.05, 0) is 53.4 Å². The molecular weight excluding hydrogens is 472 g/mol. The largest absolute Gasteiger partial charge is 0.497 e. The molecule has 36 heavy (non-hydrogen) atoms. The fraction of sp³-hybridized carbons (Fsp3) is 0.250. The number of benzene rings is 3. The average molecular weight is 503 g/mol. The molecule has 4 aromatic rings. The third-order valence-corrected chi connectivity index (χ3v) is 6.58. The summed E-state index contributed by atoms with van der Waals surface area (Å²) in [6.45, 7) is 6.39. The predicted octanol–water partition coefficient (Wildman–Crippen LogP) is 5.98. The first kappa shape index (κ1) is 25.3. The van der Waals surface area contributed by atoms with E-state index in [9.17, 15) is 4.79 Å². The van der Waals surface area contributed by atoms with Crippen LogP contribution in [0, 0.1) is 0 Å². The predicted molar refractivity (Wildman–Crippen MR) is 144 cm³/mol. The number of ether oxygens (including phenoxy) is 2. The maximum atomic E-state index is 12.9. The summed E-state index contributed by atoms with van der Waals surface area (Å²) in [4.78, 5) is 12.9. The molecule has 0 aliphatic rings. The molecule has 3 aromatic carbocycles. The van der Waals surface area contributed by atoms with Crippen molar-refractivity contribution in [2.24, 2.45) is 0 Å². The fourth-order valence-corrected chi connectivity index (χ4v) is 4.65. The summed E-state index contributed by atoms with van der Waals surface area (Å²) < 4.78 is 12.8. The number of hydrogen-bond acceptors (Lipinski definition) is 6. The lowest BCUT2D eigenvalue weighted by molar-refractivity contribution is -0.113. The number of hydrogen-bond donors (Lipinski definition) is 1. The minimum Gasteiger partial charge on any atom is -0.497 e. The molecule has 0 fully saturated rings. The van der Waals surface area contributed by atoms with Crippen molar-refractivity contribution in [2.75, 3.05) is 25.3 Å². The molecule has 0 unspecified atom stereocenters. The minimum absolute atomic E-state index is 0.0881. The van der Waals surface area contributed by atoms with Crippen molar-refractivity contribution in [1.82, 2.24) is 14.8 Å². The maximum absolute atomic E-state index is 12.9. The van der Waals surface area contributed by atoms with Gasteiger partial charge in [-0.3, -0.25) is 9.36 Å². The Morgan fingerprint density at radius 2 is 1.61 bits per heavy atom. The fourth-order valence-electron chi connectivity index (χ4n) is 3.89. The van der Waals surface area contributed by atoms with Crippen molar-refractivity contribution in [3.8, 4) is 28.6 Å². The van der Waals surface area contributed by atoms with E-state index in [1.54, 1.807) is 14.2 Å². The Balaban J connectivity index is 1.64. The Morgan fingerprint density at radius 1 is 0.917 bits per heavy atom. The van der Waals surface area contributed by atoms with Gasteiger partial charge >= 0.3 is 0 Å². The first-order chi connectivity index (χ1) is 17.3. The summed E-state index contributed by atoms with van der Waals surface area (Å²) >= 11 is 1.33. The molecule has 0 atom stereocenters. The number of methoxy groups -OCH3 is 2. The number of nitrogens with zero attached hydrogens (tertiary/aromatic N) is 3. The summed E-state index contributed by atoms with van der Waals surface area (Å²) in [5.74, 6) is 2.13. The van der Waals surface area contributed by atoms with Crippen LogP contribution in [0.15, 0.2) is 78.0 Å². The highest BCUT2D eigenvalue weighted by atomic mass is 32.2. The number of nitrogens with one attached hydrogen (secondary N) is 1. The van der Waals surface area contributed by atoms with Crippen LogP contribution in [0.3, 0.4) is 0 Å². The van der Waals surface area contributed by atoms with Crippen LogP contribution >= 0.6 is 11.8 Å². The van der Waals surface area contributed by atoms with Gasteiger partial charge in [0.2, 0.25) is 5.91 Å². The lowest BCUT2D eigenvalue weighted by Gasteiger charge is -2.23. The number of thioether (sulfide) groups is 1. The monoisotopic (exact) mass is 502 g/mol. The molecule has 1 amide bonds. The second-order valence-corrected chi connectivity index (χ2v) is 10.1. The van der Waals surface area contributed by atoms with E-state index in [1.165, 1.54) is 11.8 Å². The standard InChI is InChI=1S/C28H30N4O3S/c1-28(2,3)22-11-7-8-12-23(22)29-25(33)18-36-27-31-30-26(21-10-6-9-13-24(21)35-5)32(27)19-14-16-20(34-4)17-15-19/h6-17H,18H2,1-5H3,(H,29,33). The highest BCUT2D eigenvalue weighted by molar-refractivity contribution is 7.99. The van der Waals surface area contributed by atoms with Crippen LogP contribution in [-0.4, -0.2) is 40.6 Å². The SMILES string of the molecule is COc1ccc(-n2c(SCC(=O)Nc3ccccc3C(C)(C)C)nnc2-c2ccccc2OC)cc1. The number of rotatable bonds is 8. The van der Waals surface area contributed by atoms with Crippen LogP contribution in [0.4, 0.5) is 5.69 Å². The molecule has 0 spiro atoms. The number of amides is 1. The van der Waals surface area contributed by atoms with Crippen molar-refractivity contribution < 1.29 is 14.3 Å². The second kappa shape index (κ2) is 10.9. The summed E-state index contributed by atoms with van der Waals surface area (Å²) in [6.07, 6.45) is 0. The highest BCUT2D eigenvalue weighted by Crippen LogP contribution is 2.34. The molecular formula is C28H30N4O3S. The molecule has 4 rings (SSSR count). The van der Waals surface area contributed by atoms with Gasteiger partial charge in [0.25, 0.3) is 0 Å². The quantitative estimate of drug-likeness (QED) is 0.299. The molecule has 186 valence electrons. The van der Waals surface area contributed by atoms with Crippen molar-refractivity contribution in [2.45, 2.75) is 31.3 Å². The topological polar surface area (TPSA) is 78.3 Å². The van der Waals surface area contributed by atoms with E-state index >= 15 is 0 Å². The molecule has 0 aliphatic heterocycles. The van der Waals surface area contributed by atoms with Crippen molar-refractivity contribution in [1.29, 1.82) is 0 Å². The molecule has 0 aliphatic carbocycles. The maximum Gasteiger partial charge on any atom is 0.234 e. The van der Waals surface area contributed by atoms with E-state index < -0.39 is 0 Å². The third-order valence-electron chi connectivity index (χ3n) is 5.65. The normalized spacial score (nSPS) is 11.2. The van der Waals surface area contributed by atoms with Gasteiger partial charge in [-0.1, -0.05) is 62.9 Å². The third kappa shape index (κ3) is 5.54. The van der Waals surface area contributed by atoms with Gasteiger partial charge in [-0.25, -0.2) is 0 Å². The van der Waals surface area contributed by atoms with Gasteiger partial charge in [0.1, 0.15) is 11.5 Å². The molecule has 8 heteroatoms. The first-order valence-electron chi connectivity index (χ1n) is 11.6. The van der Waals surface area contributed by atoms with Crippen molar-refractivity contribution in [3.05, 3.63) is 78.4 Å². The summed E-state index contributed by atoms with van der Waals surface area (Å²) in [6, 6.07) is 23.2. The van der Waals surface area contributed by atoms with Gasteiger partial charge in [0.15, 0.2) is 11.0 Å². The molecule has 0 bridgehead atoms. The Morgan fingerprint density at radius 3 is 2.31 bits per heavy atom. The molecule has 0 saturated carbocycles. The van der Waals surface area contributed by atoms with E-state index in [0.717, 1.165) is 28.3 Å². The summed E-state index contributed by atoms with van der Waals surface area (Å²) in [5.41, 5.74) is 3.47. The van der Waals surface area contributed by atoms with E-state index in [0.29, 0.717) is 16.7 Å². The minimum atomic E-state index is -0.111. The van der Waals surface area contributed by atoms with Crippen LogP contribution < -0.4 is 14.8 Å². The molecule has 0 radical (unpaired) electrons. The molecule has 1 heterocycles. The molecule has 7 nitrogen and oxygen atoms in total. The van der Waals surface area contributed by atoms with Gasteiger partial charge in [0, 0.05) is 5.69 Å². The van der Waals surface area contributed by atoms with Crippen LogP contribution in [0.2, 0.25) is 0 Å². The number of aromatic nitrogens is 3. The van der Waals surface area contributed by atoms with Gasteiger partial charge in [-0.2, -0.15) is 0 Å². The van der Waals surface area contributed by atoms with E-state index in [-0.39, 0.29) is 17.1 Å². The van der Waals surface area contributed by atoms with E-state index in [4.69, 9.17) is 9.47 Å². The number of carbonyl (C=O) groups excluding carboxylic acids is 1. The Bertz CT molecular complexity index is 1340. The zero-order chi connectivity index (χ0) is 25.7. The van der Waals surface area contributed by atoms with Crippen LogP contribution in [0.1, 0.15) is 26.3 Å². The summed E-state index contributed by atoms with van der Waals surface area (Å²) in [5, 5.41) is 12.6. The lowest BCUT2D eigenvalue weighted by atomic mass is 9.86. The highest BCUT2D eigenvalue weighted by Gasteiger charge is 2.21. The number of carbonyl (C=O) groups is 1. The Labute approximate surface area is 215 Å². The molecule has 0 saturated heterocycles. The lowest BCUT2D eigenvalue weighted by Crippen LogP contribution is -2.20. The van der Waals surface area contributed by atoms with Crippen molar-refractivity contribution >= 4 is 23.4 Å². The molecule has 1 aromatic heterocycles. The number of para-hydroxylation sites is 2. The van der Waals surface area contributed by atoms with Crippen molar-refractivity contribution in [3.63, 3.8) is 0 Å². The van der Waals surface area contributed by atoms with E-state index in [2.05, 4.69) is 36.3 Å². The zero-order valence-corrected chi connectivity index (χ0v) is 21.9. The number of anilines is 1. The van der Waals surface area contributed by atoms with Crippen LogP contribution in [-0.2, 0) is 10.2 Å². The molecule has 1 N–H and O–H groups in total. The Kier molecular flexibility index (Phi) is 7.64.